The van der Waals surface area contributed by atoms with E-state index >= 15 is 0 Å². The van der Waals surface area contributed by atoms with Crippen molar-refractivity contribution in [1.82, 2.24) is 0 Å². The summed E-state index contributed by atoms with van der Waals surface area (Å²) in [6.07, 6.45) is 0. The highest BCUT2D eigenvalue weighted by atomic mass is 35.5. The fraction of sp³-hybridized carbons (Fsp3) is 0. The summed E-state index contributed by atoms with van der Waals surface area (Å²) in [6.45, 7) is 0. The van der Waals surface area contributed by atoms with E-state index in [0.29, 0.717) is 0 Å². The third kappa shape index (κ3) is 3.63. The maximum atomic E-state index is 5.82. The average Bonchev–Trinajstić information content (AvgIpc) is 2.30. The molecule has 0 fully saturated rings. The van der Waals surface area contributed by atoms with E-state index in [2.05, 4.69) is 0 Å². The molecule has 0 aromatic heterocycles. The summed E-state index contributed by atoms with van der Waals surface area (Å²) in [7, 11) is 3.41. The summed E-state index contributed by atoms with van der Waals surface area (Å²) in [5.74, 6) is 0. The second kappa shape index (κ2) is 5.87. The van der Waals surface area contributed by atoms with Gasteiger partial charge in [0.15, 0.2) is 10.8 Å². The summed E-state index contributed by atoms with van der Waals surface area (Å²) in [5.41, 5.74) is 0. The number of hydrogen-bond donors (Lipinski definition) is 0. The molecule has 0 aliphatic rings. The van der Waals surface area contributed by atoms with Gasteiger partial charge in [0.1, 0.15) is 0 Å². The summed E-state index contributed by atoms with van der Waals surface area (Å²) >= 11 is 11.6. The van der Waals surface area contributed by atoms with Crippen LogP contribution in [0.5, 0.6) is 0 Å². The lowest BCUT2D eigenvalue weighted by atomic mass is 10.4. The van der Waals surface area contributed by atoms with E-state index in [1.54, 1.807) is 21.6 Å². The highest BCUT2D eigenvalue weighted by Gasteiger charge is 2.13. The highest BCUT2D eigenvalue weighted by Crippen LogP contribution is 2.25. The Morgan fingerprint density at radius 2 is 1.25 bits per heavy atom. The van der Waals surface area contributed by atoms with E-state index in [9.17, 15) is 0 Å². The summed E-state index contributed by atoms with van der Waals surface area (Å²) in [5, 5.41) is 1.53. The minimum Gasteiger partial charge on any atom is -0.0843 e. The van der Waals surface area contributed by atoms with Crippen LogP contribution in [0.25, 0.3) is 0 Å². The van der Waals surface area contributed by atoms with Crippen LogP contribution in [0.3, 0.4) is 0 Å². The van der Waals surface area contributed by atoms with Gasteiger partial charge in [0.2, 0.25) is 4.90 Å². The van der Waals surface area contributed by atoms with Crippen molar-refractivity contribution in [2.24, 2.45) is 0 Å². The molecular formula is C12H8Cl2S2+. The Morgan fingerprint density at radius 1 is 0.750 bits per heavy atom. The van der Waals surface area contributed by atoms with Crippen LogP contribution in [0.1, 0.15) is 0 Å². The van der Waals surface area contributed by atoms with E-state index in [1.165, 1.54) is 9.79 Å². The van der Waals surface area contributed by atoms with Crippen molar-refractivity contribution in [2.75, 3.05) is 0 Å². The Hall–Kier alpha value is -0.280. The van der Waals surface area contributed by atoms with E-state index in [-0.39, 0.29) is 0 Å². The fourth-order valence-electron chi connectivity index (χ4n) is 1.08. The monoisotopic (exact) mass is 286 g/mol. The van der Waals surface area contributed by atoms with Crippen LogP contribution in [-0.4, -0.2) is 0 Å². The Kier molecular flexibility index (Phi) is 4.47. The molecule has 4 heteroatoms. The molecule has 0 spiro atoms. The molecule has 0 atom stereocenters. The molecule has 2 aromatic carbocycles. The molecule has 0 saturated heterocycles. The van der Waals surface area contributed by atoms with Crippen LogP contribution >= 0.6 is 34.0 Å². The molecule has 2 rings (SSSR count). The Labute approximate surface area is 113 Å². The average molecular weight is 287 g/mol. The van der Waals surface area contributed by atoms with Gasteiger partial charge in [-0.2, -0.15) is 0 Å². The molecule has 0 aliphatic carbocycles. The van der Waals surface area contributed by atoms with Crippen molar-refractivity contribution in [3.05, 3.63) is 58.6 Å². The predicted molar refractivity (Wildman–Crippen MR) is 74.4 cm³/mol. The number of hydrogen-bond acceptors (Lipinski definition) is 2. The molecule has 0 aliphatic heterocycles. The molecule has 16 heavy (non-hydrogen) atoms. The first-order valence-electron chi connectivity index (χ1n) is 4.60. The van der Waals surface area contributed by atoms with Crippen molar-refractivity contribution in [3.8, 4) is 0 Å². The maximum Gasteiger partial charge on any atom is 0.330 e. The summed E-state index contributed by atoms with van der Waals surface area (Å²) in [6, 6.07) is 15.6. The number of halogens is 2. The van der Waals surface area contributed by atoms with Crippen molar-refractivity contribution in [3.63, 3.8) is 0 Å². The maximum absolute atomic E-state index is 5.82. The van der Waals surface area contributed by atoms with E-state index in [0.717, 1.165) is 10.0 Å². The van der Waals surface area contributed by atoms with Crippen LogP contribution in [0.4, 0.5) is 0 Å². The number of rotatable bonds is 3. The van der Waals surface area contributed by atoms with E-state index in [4.69, 9.17) is 23.2 Å². The second-order valence-electron chi connectivity index (χ2n) is 3.07. The molecule has 0 N–H and O–H groups in total. The second-order valence-corrected chi connectivity index (χ2v) is 6.22. The lowest BCUT2D eigenvalue weighted by molar-refractivity contribution is 1.46. The van der Waals surface area contributed by atoms with Crippen LogP contribution < -0.4 is 0 Å². The largest absolute Gasteiger partial charge is 0.330 e. The molecule has 0 amide bonds. The quantitative estimate of drug-likeness (QED) is 0.566. The first kappa shape index (κ1) is 12.2. The SMILES string of the molecule is Clc1ccc(S[S+]c2ccc(Cl)cc2)cc1. The highest BCUT2D eigenvalue weighted by molar-refractivity contribution is 8.66. The molecular weight excluding hydrogens is 279 g/mol. The topological polar surface area (TPSA) is 0 Å². The van der Waals surface area contributed by atoms with Gasteiger partial charge in [0, 0.05) is 22.2 Å². The molecule has 1 radical (unpaired) electrons. The van der Waals surface area contributed by atoms with Gasteiger partial charge in [-0.05, 0) is 36.4 Å². The molecule has 0 bridgehead atoms. The van der Waals surface area contributed by atoms with Gasteiger partial charge < -0.3 is 0 Å². The number of benzene rings is 2. The first-order valence-corrected chi connectivity index (χ1v) is 7.50. The molecule has 0 nitrogen and oxygen atoms in total. The van der Waals surface area contributed by atoms with Crippen LogP contribution in [0.15, 0.2) is 58.3 Å². The van der Waals surface area contributed by atoms with Gasteiger partial charge >= 0.3 is 10.8 Å². The van der Waals surface area contributed by atoms with E-state index < -0.39 is 0 Å². The summed E-state index contributed by atoms with van der Waals surface area (Å²) in [4.78, 5) is 2.37. The van der Waals surface area contributed by atoms with Crippen molar-refractivity contribution < 1.29 is 0 Å². The predicted octanol–water partition coefficient (Wildman–Crippen LogP) is 5.14. The minimum atomic E-state index is 0.765. The lowest BCUT2D eigenvalue weighted by Crippen LogP contribution is -1.77. The van der Waals surface area contributed by atoms with Gasteiger partial charge in [-0.1, -0.05) is 23.2 Å². The Morgan fingerprint density at radius 3 is 1.81 bits per heavy atom. The van der Waals surface area contributed by atoms with Crippen LogP contribution in [-0.2, 0) is 10.8 Å². The zero-order chi connectivity index (χ0) is 11.4. The summed E-state index contributed by atoms with van der Waals surface area (Å²) < 4.78 is 0. The lowest BCUT2D eigenvalue weighted by Gasteiger charge is -1.90. The zero-order valence-corrected chi connectivity index (χ0v) is 11.3. The van der Waals surface area contributed by atoms with Gasteiger partial charge in [0.05, 0.1) is 4.90 Å². The Bertz CT molecular complexity index is 406. The van der Waals surface area contributed by atoms with Crippen molar-refractivity contribution >= 4 is 44.8 Å². The van der Waals surface area contributed by atoms with Crippen LogP contribution in [0, 0.1) is 0 Å². The minimum absolute atomic E-state index is 0.765. The van der Waals surface area contributed by atoms with E-state index in [1.807, 2.05) is 48.5 Å². The third-order valence-corrected chi connectivity index (χ3v) is 4.78. The Balaban J connectivity index is 1.97. The van der Waals surface area contributed by atoms with Gasteiger partial charge in [0.25, 0.3) is 0 Å². The molecule has 0 heterocycles. The van der Waals surface area contributed by atoms with Crippen molar-refractivity contribution in [2.45, 2.75) is 9.79 Å². The van der Waals surface area contributed by atoms with Crippen molar-refractivity contribution in [1.29, 1.82) is 0 Å². The van der Waals surface area contributed by atoms with Crippen LogP contribution in [0.2, 0.25) is 10.0 Å². The third-order valence-electron chi connectivity index (χ3n) is 1.86. The zero-order valence-electron chi connectivity index (χ0n) is 8.19. The molecule has 2 aromatic rings. The molecule has 0 unspecified atom stereocenters. The molecule has 0 saturated carbocycles. The fourth-order valence-corrected chi connectivity index (χ4v) is 3.26. The van der Waals surface area contributed by atoms with Gasteiger partial charge in [-0.3, -0.25) is 0 Å². The normalized spacial score (nSPS) is 10.4. The first-order chi connectivity index (χ1) is 7.74. The smallest absolute Gasteiger partial charge is 0.0843 e. The molecule has 81 valence electrons. The van der Waals surface area contributed by atoms with Gasteiger partial charge in [-0.15, -0.1) is 0 Å². The standard InChI is InChI=1S/C12H8Cl2S2/c13-9-1-5-11(6-2-9)15-16-12-7-3-10(14)4-8-12/h1-8H/q+1. The van der Waals surface area contributed by atoms with Gasteiger partial charge in [-0.25, -0.2) is 0 Å².